The molecule has 1 unspecified atom stereocenters. The predicted octanol–water partition coefficient (Wildman–Crippen LogP) is 2.47. The molecule has 2 aromatic rings. The van der Waals surface area contributed by atoms with Gasteiger partial charge in [0.15, 0.2) is 0 Å². The average Bonchev–Trinajstić information content (AvgIpc) is 3.07. The second kappa shape index (κ2) is 8.38. The number of aliphatic hydroxyl groups excluding tert-OH is 1. The molecule has 3 N–H and O–H groups in total. The van der Waals surface area contributed by atoms with E-state index in [-0.39, 0.29) is 23.7 Å². The number of hydrogen-bond donors (Lipinski definition) is 3. The van der Waals surface area contributed by atoms with E-state index in [1.54, 1.807) is 0 Å². The Labute approximate surface area is 151 Å². The topological polar surface area (TPSA) is 61.4 Å². The van der Waals surface area contributed by atoms with Gasteiger partial charge in [-0.3, -0.25) is 4.79 Å². The third-order valence-corrected chi connectivity index (χ3v) is 4.59. The Morgan fingerprint density at radius 1 is 1.08 bits per heavy atom. The van der Waals surface area contributed by atoms with Crippen molar-refractivity contribution in [1.82, 2.24) is 10.6 Å². The van der Waals surface area contributed by atoms with Crippen molar-refractivity contribution in [2.24, 2.45) is 0 Å². The van der Waals surface area contributed by atoms with Gasteiger partial charge < -0.3 is 15.7 Å². The fourth-order valence-corrected chi connectivity index (χ4v) is 3.21. The quantitative estimate of drug-likeness (QED) is 0.711. The molecule has 0 fully saturated rings. The van der Waals surface area contributed by atoms with Crippen molar-refractivity contribution in [1.29, 1.82) is 0 Å². The van der Waals surface area contributed by atoms with Crippen molar-refractivity contribution < 1.29 is 18.7 Å². The van der Waals surface area contributed by atoms with E-state index in [9.17, 15) is 18.7 Å². The van der Waals surface area contributed by atoms with Crippen LogP contribution in [0.25, 0.3) is 0 Å². The number of benzene rings is 2. The first-order valence-corrected chi connectivity index (χ1v) is 8.67. The third-order valence-electron chi connectivity index (χ3n) is 4.59. The van der Waals surface area contributed by atoms with Crippen molar-refractivity contribution in [3.8, 4) is 0 Å². The second-order valence-corrected chi connectivity index (χ2v) is 6.57. The third kappa shape index (κ3) is 4.65. The number of nitrogens with one attached hydrogen (secondary N) is 2. The predicted molar refractivity (Wildman–Crippen MR) is 95.4 cm³/mol. The number of carbonyl (C=O) groups is 1. The largest absolute Gasteiger partial charge is 0.390 e. The van der Waals surface area contributed by atoms with Crippen molar-refractivity contribution in [3.63, 3.8) is 0 Å². The molecule has 138 valence electrons. The lowest BCUT2D eigenvalue weighted by molar-refractivity contribution is 0.0913. The number of halogens is 2. The number of fused-ring (bicyclic) bond motifs is 1. The molecule has 26 heavy (non-hydrogen) atoms. The van der Waals surface area contributed by atoms with Crippen LogP contribution in [0.3, 0.4) is 0 Å². The normalized spacial score (nSPS) is 15.1. The van der Waals surface area contributed by atoms with Crippen LogP contribution in [0, 0.1) is 0 Å². The van der Waals surface area contributed by atoms with Crippen molar-refractivity contribution in [2.75, 3.05) is 13.1 Å². The van der Waals surface area contributed by atoms with Gasteiger partial charge in [0, 0.05) is 30.3 Å². The van der Waals surface area contributed by atoms with Crippen LogP contribution in [0.5, 0.6) is 0 Å². The number of aliphatic hydroxyl groups is 1. The molecule has 0 aliphatic heterocycles. The standard InChI is InChI=1S/C20H22F2N2O2/c21-19(22)15-6-3-7-16(8-15)20(26)24-12-18(25)11-23-17-9-13-4-1-2-5-14(13)10-17/h1-8,17-19,23,25H,9-12H2,(H,24,26). The van der Waals surface area contributed by atoms with Crippen molar-refractivity contribution in [2.45, 2.75) is 31.4 Å². The van der Waals surface area contributed by atoms with Crippen LogP contribution in [-0.2, 0) is 12.8 Å². The Kier molecular flexibility index (Phi) is 5.96. The van der Waals surface area contributed by atoms with Gasteiger partial charge in [-0.15, -0.1) is 0 Å². The summed E-state index contributed by atoms with van der Waals surface area (Å²) in [6.07, 6.45) is -1.51. The molecule has 0 saturated carbocycles. The Morgan fingerprint density at radius 3 is 2.42 bits per heavy atom. The highest BCUT2D eigenvalue weighted by atomic mass is 19.3. The van der Waals surface area contributed by atoms with Gasteiger partial charge in [0.05, 0.1) is 6.10 Å². The molecule has 2 aromatic carbocycles. The molecule has 0 aromatic heterocycles. The SMILES string of the molecule is O=C(NCC(O)CNC1Cc2ccccc2C1)c1cccc(C(F)F)c1. The molecule has 0 bridgehead atoms. The molecule has 0 heterocycles. The highest BCUT2D eigenvalue weighted by molar-refractivity contribution is 5.94. The highest BCUT2D eigenvalue weighted by Gasteiger charge is 2.21. The molecular weight excluding hydrogens is 338 g/mol. The smallest absolute Gasteiger partial charge is 0.263 e. The van der Waals surface area contributed by atoms with E-state index in [2.05, 4.69) is 22.8 Å². The van der Waals surface area contributed by atoms with E-state index in [0.717, 1.165) is 12.8 Å². The maximum atomic E-state index is 12.7. The first-order valence-electron chi connectivity index (χ1n) is 8.67. The average molecular weight is 360 g/mol. The lowest BCUT2D eigenvalue weighted by Gasteiger charge is -2.17. The summed E-state index contributed by atoms with van der Waals surface area (Å²) in [4.78, 5) is 12.0. The van der Waals surface area contributed by atoms with Crippen LogP contribution in [-0.4, -0.2) is 36.2 Å². The Bertz CT molecular complexity index is 742. The van der Waals surface area contributed by atoms with Gasteiger partial charge >= 0.3 is 0 Å². The number of rotatable bonds is 7. The van der Waals surface area contributed by atoms with E-state index < -0.39 is 18.4 Å². The summed E-state index contributed by atoms with van der Waals surface area (Å²) < 4.78 is 25.4. The van der Waals surface area contributed by atoms with E-state index >= 15 is 0 Å². The van der Waals surface area contributed by atoms with Crippen LogP contribution in [0.2, 0.25) is 0 Å². The Balaban J connectivity index is 1.42. The summed E-state index contributed by atoms with van der Waals surface area (Å²) in [5.74, 6) is -0.472. The van der Waals surface area contributed by atoms with Gasteiger partial charge in [0.1, 0.15) is 0 Å². The van der Waals surface area contributed by atoms with Gasteiger partial charge in [-0.05, 0) is 36.1 Å². The molecule has 1 atom stereocenters. The Hall–Kier alpha value is -2.31. The molecule has 1 aliphatic rings. The Morgan fingerprint density at radius 2 is 1.77 bits per heavy atom. The molecule has 0 radical (unpaired) electrons. The zero-order valence-corrected chi connectivity index (χ0v) is 14.3. The van der Waals surface area contributed by atoms with Gasteiger partial charge in [-0.1, -0.05) is 36.4 Å². The minimum absolute atomic E-state index is 0.0599. The number of alkyl halides is 2. The van der Waals surface area contributed by atoms with Gasteiger partial charge in [-0.25, -0.2) is 8.78 Å². The lowest BCUT2D eigenvalue weighted by atomic mass is 10.1. The molecule has 0 saturated heterocycles. The summed E-state index contributed by atoms with van der Waals surface area (Å²) in [7, 11) is 0. The van der Waals surface area contributed by atoms with Crippen molar-refractivity contribution in [3.05, 3.63) is 70.8 Å². The summed E-state index contributed by atoms with van der Waals surface area (Å²) in [6, 6.07) is 13.9. The van der Waals surface area contributed by atoms with Crippen molar-refractivity contribution >= 4 is 5.91 Å². The summed E-state index contributed by atoms with van der Waals surface area (Å²) in [6.45, 7) is 0.417. The van der Waals surface area contributed by atoms with E-state index in [4.69, 9.17) is 0 Å². The zero-order valence-electron chi connectivity index (χ0n) is 14.3. The van der Waals surface area contributed by atoms with E-state index in [1.165, 1.54) is 35.4 Å². The van der Waals surface area contributed by atoms with Crippen LogP contribution >= 0.6 is 0 Å². The molecule has 4 nitrogen and oxygen atoms in total. The van der Waals surface area contributed by atoms with Crippen LogP contribution in [0.4, 0.5) is 8.78 Å². The van der Waals surface area contributed by atoms with Gasteiger partial charge in [0.2, 0.25) is 0 Å². The lowest BCUT2D eigenvalue weighted by Crippen LogP contribution is -2.41. The zero-order chi connectivity index (χ0) is 18.5. The van der Waals surface area contributed by atoms with E-state index in [1.807, 2.05) is 12.1 Å². The molecule has 1 aliphatic carbocycles. The molecule has 6 heteroatoms. The van der Waals surface area contributed by atoms with Crippen LogP contribution in [0.15, 0.2) is 48.5 Å². The number of hydrogen-bond acceptors (Lipinski definition) is 3. The number of amides is 1. The minimum Gasteiger partial charge on any atom is -0.390 e. The maximum absolute atomic E-state index is 12.7. The first-order chi connectivity index (χ1) is 12.5. The van der Waals surface area contributed by atoms with E-state index in [0.29, 0.717) is 6.54 Å². The van der Waals surface area contributed by atoms with Gasteiger partial charge in [-0.2, -0.15) is 0 Å². The second-order valence-electron chi connectivity index (χ2n) is 6.57. The number of carbonyl (C=O) groups excluding carboxylic acids is 1. The fraction of sp³-hybridized carbons (Fsp3) is 0.350. The van der Waals surface area contributed by atoms with Crippen LogP contribution in [0.1, 0.15) is 33.5 Å². The van der Waals surface area contributed by atoms with Gasteiger partial charge in [0.25, 0.3) is 12.3 Å². The van der Waals surface area contributed by atoms with Crippen LogP contribution < -0.4 is 10.6 Å². The molecule has 3 rings (SSSR count). The highest BCUT2D eigenvalue weighted by Crippen LogP contribution is 2.21. The molecule has 0 spiro atoms. The summed E-state index contributed by atoms with van der Waals surface area (Å²) in [5.41, 5.74) is 2.62. The molecular formula is C20H22F2N2O2. The maximum Gasteiger partial charge on any atom is 0.263 e. The monoisotopic (exact) mass is 360 g/mol. The summed E-state index contributed by atoms with van der Waals surface area (Å²) in [5, 5.41) is 16.0. The summed E-state index contributed by atoms with van der Waals surface area (Å²) >= 11 is 0. The minimum atomic E-state index is -2.62. The first kappa shape index (κ1) is 18.5. The fourth-order valence-electron chi connectivity index (χ4n) is 3.21. The molecule has 1 amide bonds.